The van der Waals surface area contributed by atoms with Gasteiger partial charge in [-0.1, -0.05) is 6.92 Å². The molecule has 0 amide bonds. The third kappa shape index (κ3) is 6.07. The van der Waals surface area contributed by atoms with E-state index in [-0.39, 0.29) is 29.8 Å². The van der Waals surface area contributed by atoms with Gasteiger partial charge in [-0.05, 0) is 56.0 Å². The van der Waals surface area contributed by atoms with Crippen molar-refractivity contribution >= 4 is 40.8 Å². The van der Waals surface area contributed by atoms with Gasteiger partial charge in [0, 0.05) is 49.8 Å². The number of hydrogen-bond acceptors (Lipinski definition) is 2. The van der Waals surface area contributed by atoms with E-state index in [0.29, 0.717) is 6.04 Å². The second kappa shape index (κ2) is 10.8. The van der Waals surface area contributed by atoms with Gasteiger partial charge in [-0.25, -0.2) is 4.39 Å². The smallest absolute Gasteiger partial charge is 0.191 e. The number of guanidine groups is 1. The lowest BCUT2D eigenvalue weighted by atomic mass is 10.1. The third-order valence-corrected chi connectivity index (χ3v) is 5.11. The van der Waals surface area contributed by atoms with Gasteiger partial charge in [-0.15, -0.1) is 24.0 Å². The highest BCUT2D eigenvalue weighted by Crippen LogP contribution is 2.19. The van der Waals surface area contributed by atoms with Gasteiger partial charge < -0.3 is 20.5 Å². The standard InChI is InChI=1S/C20H30FN5.HI/c1-3-10-26-11-7-17(8-12-26)25-20(22-2)23-9-6-15-14-24-19-13-16(21)4-5-18(15)19;/h4-5,13-14,17,24H,3,6-12H2,1-2H3,(H2,22,23,25);1H. The first kappa shape index (κ1) is 21.9. The van der Waals surface area contributed by atoms with Crippen LogP contribution in [0.5, 0.6) is 0 Å². The molecule has 3 N–H and O–H groups in total. The minimum Gasteiger partial charge on any atom is -0.361 e. The van der Waals surface area contributed by atoms with E-state index in [0.717, 1.165) is 55.8 Å². The maximum atomic E-state index is 13.3. The summed E-state index contributed by atoms with van der Waals surface area (Å²) in [4.78, 5) is 10.0. The van der Waals surface area contributed by atoms with Crippen molar-refractivity contribution in [2.24, 2.45) is 4.99 Å². The Morgan fingerprint density at radius 2 is 2.11 bits per heavy atom. The Hall–Kier alpha value is -1.35. The molecule has 1 aliphatic heterocycles. The molecule has 2 heterocycles. The van der Waals surface area contributed by atoms with E-state index in [9.17, 15) is 4.39 Å². The fourth-order valence-electron chi connectivity index (χ4n) is 3.69. The van der Waals surface area contributed by atoms with Crippen molar-refractivity contribution in [1.82, 2.24) is 20.5 Å². The van der Waals surface area contributed by atoms with Crippen LogP contribution >= 0.6 is 24.0 Å². The van der Waals surface area contributed by atoms with E-state index < -0.39 is 0 Å². The molecule has 0 unspecified atom stereocenters. The van der Waals surface area contributed by atoms with Crippen molar-refractivity contribution in [3.63, 3.8) is 0 Å². The molecular formula is C20H31FIN5. The molecule has 0 bridgehead atoms. The lowest BCUT2D eigenvalue weighted by Crippen LogP contribution is -2.49. The van der Waals surface area contributed by atoms with Gasteiger partial charge in [0.05, 0.1) is 0 Å². The first-order valence-electron chi connectivity index (χ1n) is 9.64. The zero-order chi connectivity index (χ0) is 18.4. The van der Waals surface area contributed by atoms with Crippen molar-refractivity contribution in [2.75, 3.05) is 33.2 Å². The molecule has 150 valence electrons. The SMILES string of the molecule is CCCN1CCC(NC(=NC)NCCc2c[nH]c3cc(F)ccc23)CC1.I. The molecule has 27 heavy (non-hydrogen) atoms. The Labute approximate surface area is 178 Å². The van der Waals surface area contributed by atoms with Crippen molar-refractivity contribution in [3.8, 4) is 0 Å². The topological polar surface area (TPSA) is 55.4 Å². The van der Waals surface area contributed by atoms with Crippen molar-refractivity contribution < 1.29 is 4.39 Å². The Balaban J connectivity index is 0.00000261. The van der Waals surface area contributed by atoms with E-state index in [4.69, 9.17) is 0 Å². The fourth-order valence-corrected chi connectivity index (χ4v) is 3.69. The number of aliphatic imine (C=N–C) groups is 1. The molecule has 0 radical (unpaired) electrons. The Morgan fingerprint density at radius 3 is 2.81 bits per heavy atom. The number of likely N-dealkylation sites (tertiary alicyclic amines) is 1. The largest absolute Gasteiger partial charge is 0.361 e. The van der Waals surface area contributed by atoms with Crippen molar-refractivity contribution in [2.45, 2.75) is 38.6 Å². The minimum atomic E-state index is -0.210. The zero-order valence-electron chi connectivity index (χ0n) is 16.2. The summed E-state index contributed by atoms with van der Waals surface area (Å²) in [7, 11) is 1.82. The molecule has 0 aliphatic carbocycles. The van der Waals surface area contributed by atoms with Crippen LogP contribution in [0.4, 0.5) is 4.39 Å². The quantitative estimate of drug-likeness (QED) is 0.332. The van der Waals surface area contributed by atoms with E-state index in [1.165, 1.54) is 30.7 Å². The van der Waals surface area contributed by atoms with Gasteiger partial charge in [-0.2, -0.15) is 0 Å². The van der Waals surface area contributed by atoms with Crippen LogP contribution in [0.25, 0.3) is 10.9 Å². The average molecular weight is 487 g/mol. The molecule has 5 nitrogen and oxygen atoms in total. The summed E-state index contributed by atoms with van der Waals surface area (Å²) in [6.45, 7) is 6.55. The van der Waals surface area contributed by atoms with Crippen LogP contribution in [-0.4, -0.2) is 55.1 Å². The first-order valence-corrected chi connectivity index (χ1v) is 9.64. The Morgan fingerprint density at radius 1 is 1.33 bits per heavy atom. The van der Waals surface area contributed by atoms with Gasteiger partial charge >= 0.3 is 0 Å². The van der Waals surface area contributed by atoms with Crippen LogP contribution < -0.4 is 10.6 Å². The Kier molecular flexibility index (Phi) is 8.82. The number of rotatable bonds is 6. The van der Waals surface area contributed by atoms with Crippen LogP contribution in [0.2, 0.25) is 0 Å². The van der Waals surface area contributed by atoms with Crippen molar-refractivity contribution in [3.05, 3.63) is 35.8 Å². The second-order valence-corrected chi connectivity index (χ2v) is 7.01. The van der Waals surface area contributed by atoms with Gasteiger partial charge in [0.1, 0.15) is 5.82 Å². The number of piperidine rings is 1. The molecule has 7 heteroatoms. The first-order chi connectivity index (χ1) is 12.7. The number of H-pyrrole nitrogens is 1. The number of nitrogens with zero attached hydrogens (tertiary/aromatic N) is 2. The Bertz CT molecular complexity index is 737. The highest BCUT2D eigenvalue weighted by atomic mass is 127. The van der Waals surface area contributed by atoms with Crippen molar-refractivity contribution in [1.29, 1.82) is 0 Å². The molecule has 3 rings (SSSR count). The average Bonchev–Trinajstić information content (AvgIpc) is 3.04. The zero-order valence-corrected chi connectivity index (χ0v) is 18.6. The predicted octanol–water partition coefficient (Wildman–Crippen LogP) is 3.51. The van der Waals surface area contributed by atoms with E-state index in [1.54, 1.807) is 0 Å². The monoisotopic (exact) mass is 487 g/mol. The molecule has 2 aromatic rings. The van der Waals surface area contributed by atoms with Crippen LogP contribution in [0.3, 0.4) is 0 Å². The summed E-state index contributed by atoms with van der Waals surface area (Å²) in [5.74, 6) is 0.656. The molecule has 1 aromatic carbocycles. The molecular weight excluding hydrogens is 456 g/mol. The summed E-state index contributed by atoms with van der Waals surface area (Å²) in [6, 6.07) is 5.38. The highest BCUT2D eigenvalue weighted by Gasteiger charge is 2.19. The normalized spacial score (nSPS) is 16.3. The number of nitrogens with one attached hydrogen (secondary N) is 3. The molecule has 0 saturated carbocycles. The number of aromatic amines is 1. The summed E-state index contributed by atoms with van der Waals surface area (Å²) in [5, 5.41) is 8.04. The van der Waals surface area contributed by atoms with Gasteiger partial charge in [-0.3, -0.25) is 4.99 Å². The van der Waals surface area contributed by atoms with Crippen LogP contribution in [0.1, 0.15) is 31.7 Å². The van der Waals surface area contributed by atoms with E-state index >= 15 is 0 Å². The molecule has 1 aliphatic rings. The van der Waals surface area contributed by atoms with Gasteiger partial charge in [0.2, 0.25) is 0 Å². The predicted molar refractivity (Wildman–Crippen MR) is 122 cm³/mol. The van der Waals surface area contributed by atoms with E-state index in [2.05, 4.69) is 32.4 Å². The lowest BCUT2D eigenvalue weighted by molar-refractivity contribution is 0.206. The van der Waals surface area contributed by atoms with Crippen LogP contribution in [0, 0.1) is 5.82 Å². The number of benzene rings is 1. The molecule has 0 spiro atoms. The third-order valence-electron chi connectivity index (χ3n) is 5.11. The van der Waals surface area contributed by atoms with E-state index in [1.807, 2.05) is 19.3 Å². The van der Waals surface area contributed by atoms with Gasteiger partial charge in [0.25, 0.3) is 0 Å². The molecule has 1 fully saturated rings. The number of hydrogen-bond donors (Lipinski definition) is 3. The highest BCUT2D eigenvalue weighted by molar-refractivity contribution is 14.0. The number of fused-ring (bicyclic) bond motifs is 1. The summed E-state index contributed by atoms with van der Waals surface area (Å²) < 4.78 is 13.3. The summed E-state index contributed by atoms with van der Waals surface area (Å²) in [5.41, 5.74) is 2.04. The second-order valence-electron chi connectivity index (χ2n) is 7.01. The molecule has 0 atom stereocenters. The number of aromatic nitrogens is 1. The number of halogens is 2. The minimum absolute atomic E-state index is 0. The van der Waals surface area contributed by atoms with Crippen LogP contribution in [0.15, 0.2) is 29.4 Å². The van der Waals surface area contributed by atoms with Gasteiger partial charge in [0.15, 0.2) is 5.96 Å². The molecule has 1 aromatic heterocycles. The lowest BCUT2D eigenvalue weighted by Gasteiger charge is -2.32. The fraction of sp³-hybridized carbons (Fsp3) is 0.550. The maximum absolute atomic E-state index is 13.3. The summed E-state index contributed by atoms with van der Waals surface area (Å²) >= 11 is 0. The summed E-state index contributed by atoms with van der Waals surface area (Å²) in [6.07, 6.45) is 6.37. The molecule has 1 saturated heterocycles. The van der Waals surface area contributed by atoms with Crippen LogP contribution in [-0.2, 0) is 6.42 Å². The maximum Gasteiger partial charge on any atom is 0.191 e.